The maximum atomic E-state index is 5.50. The standard InChI is InChI=1S/C67H41N5/c1-2-16-42(17-3-1)43-30-34-48(35-31-43)71-61-28-14-12-26-55(61)57-38-44(32-36-63(57)71)45-33-37-64-58(39-45)56-27-13-15-29-62(56)72(64)67-69-65(59-40-46-18-4-6-20-49(46)51-22-8-10-24-53(51)59)68-66(70-67)60-41-47-19-5-7-21-50(47)52-23-9-11-25-54(52)60/h1-41H. The van der Waals surface area contributed by atoms with Crippen LogP contribution in [0.2, 0.25) is 0 Å². The molecule has 0 N–H and O–H groups in total. The van der Waals surface area contributed by atoms with Gasteiger partial charge in [-0.2, -0.15) is 9.97 Å². The third-order valence-electron chi connectivity index (χ3n) is 14.8. The number of para-hydroxylation sites is 2. The maximum absolute atomic E-state index is 5.50. The molecule has 72 heavy (non-hydrogen) atoms. The zero-order valence-corrected chi connectivity index (χ0v) is 38.9. The van der Waals surface area contributed by atoms with Crippen LogP contribution in [0.4, 0.5) is 0 Å². The van der Waals surface area contributed by atoms with Gasteiger partial charge in [0, 0.05) is 38.4 Å². The lowest BCUT2D eigenvalue weighted by molar-refractivity contribution is 0.955. The fourth-order valence-corrected chi connectivity index (χ4v) is 11.4. The summed E-state index contributed by atoms with van der Waals surface area (Å²) in [6.45, 7) is 0. The first kappa shape index (κ1) is 40.2. The van der Waals surface area contributed by atoms with Gasteiger partial charge >= 0.3 is 0 Å². The summed E-state index contributed by atoms with van der Waals surface area (Å²) in [5.74, 6) is 1.81. The minimum Gasteiger partial charge on any atom is -0.309 e. The third kappa shape index (κ3) is 6.24. The Morgan fingerprint density at radius 1 is 0.236 bits per heavy atom. The van der Waals surface area contributed by atoms with Crippen molar-refractivity contribution in [3.63, 3.8) is 0 Å². The van der Waals surface area contributed by atoms with Crippen LogP contribution in [0.3, 0.4) is 0 Å². The van der Waals surface area contributed by atoms with Gasteiger partial charge in [-0.1, -0.05) is 188 Å². The van der Waals surface area contributed by atoms with Gasteiger partial charge in [-0.15, -0.1) is 0 Å². The van der Waals surface area contributed by atoms with Crippen molar-refractivity contribution in [3.8, 4) is 56.7 Å². The van der Waals surface area contributed by atoms with Gasteiger partial charge < -0.3 is 4.57 Å². The van der Waals surface area contributed by atoms with E-state index in [0.29, 0.717) is 17.6 Å². The van der Waals surface area contributed by atoms with Gasteiger partial charge in [-0.25, -0.2) is 4.98 Å². The number of nitrogens with zero attached hydrogens (tertiary/aromatic N) is 5. The lowest BCUT2D eigenvalue weighted by Gasteiger charge is -2.15. The van der Waals surface area contributed by atoms with Gasteiger partial charge in [-0.05, 0) is 126 Å². The molecule has 334 valence electrons. The van der Waals surface area contributed by atoms with Crippen LogP contribution in [0, 0.1) is 0 Å². The monoisotopic (exact) mass is 915 g/mol. The molecular formula is C67H41N5. The highest BCUT2D eigenvalue weighted by atomic mass is 15.2. The molecule has 12 aromatic carbocycles. The molecule has 0 aliphatic carbocycles. The van der Waals surface area contributed by atoms with Crippen LogP contribution in [0.5, 0.6) is 0 Å². The highest BCUT2D eigenvalue weighted by Crippen LogP contribution is 2.41. The van der Waals surface area contributed by atoms with Gasteiger partial charge in [-0.3, -0.25) is 4.57 Å². The minimum atomic E-state index is 0.564. The first-order valence-electron chi connectivity index (χ1n) is 24.5. The fourth-order valence-electron chi connectivity index (χ4n) is 11.4. The van der Waals surface area contributed by atoms with Crippen LogP contribution in [-0.4, -0.2) is 24.1 Å². The van der Waals surface area contributed by atoms with Crippen molar-refractivity contribution in [1.29, 1.82) is 0 Å². The molecule has 5 heteroatoms. The third-order valence-corrected chi connectivity index (χ3v) is 14.8. The number of hydrogen-bond donors (Lipinski definition) is 0. The van der Waals surface area contributed by atoms with Crippen molar-refractivity contribution in [3.05, 3.63) is 249 Å². The molecule has 3 heterocycles. The van der Waals surface area contributed by atoms with E-state index in [1.165, 1.54) is 43.7 Å². The summed E-state index contributed by atoms with van der Waals surface area (Å²) in [5, 5.41) is 13.9. The molecule has 0 unspecified atom stereocenters. The summed E-state index contributed by atoms with van der Waals surface area (Å²) in [5.41, 5.74) is 12.2. The van der Waals surface area contributed by atoms with E-state index in [1.807, 2.05) is 0 Å². The number of fused-ring (bicyclic) bond motifs is 12. The molecular weight excluding hydrogens is 875 g/mol. The molecule has 0 amide bonds. The Hall–Kier alpha value is -9.71. The van der Waals surface area contributed by atoms with E-state index in [-0.39, 0.29) is 0 Å². The first-order valence-corrected chi connectivity index (χ1v) is 24.5. The van der Waals surface area contributed by atoms with Crippen LogP contribution < -0.4 is 0 Å². The lowest BCUT2D eigenvalue weighted by Crippen LogP contribution is -2.07. The molecule has 3 aromatic heterocycles. The van der Waals surface area contributed by atoms with E-state index in [1.54, 1.807) is 0 Å². The van der Waals surface area contributed by atoms with Crippen LogP contribution in [0.25, 0.3) is 143 Å². The summed E-state index contributed by atoms with van der Waals surface area (Å²) in [6, 6.07) is 89.4. The molecule has 0 saturated heterocycles. The second-order valence-corrected chi connectivity index (χ2v) is 18.7. The van der Waals surface area contributed by atoms with Crippen molar-refractivity contribution in [2.24, 2.45) is 0 Å². The quantitative estimate of drug-likeness (QED) is 0.156. The summed E-state index contributed by atoms with van der Waals surface area (Å²) >= 11 is 0. The predicted molar refractivity (Wildman–Crippen MR) is 300 cm³/mol. The largest absolute Gasteiger partial charge is 0.309 e. The zero-order chi connectivity index (χ0) is 47.3. The van der Waals surface area contributed by atoms with E-state index in [0.717, 1.165) is 82.1 Å². The van der Waals surface area contributed by atoms with Gasteiger partial charge in [0.25, 0.3) is 0 Å². The van der Waals surface area contributed by atoms with Crippen LogP contribution in [-0.2, 0) is 0 Å². The number of aromatic nitrogens is 5. The lowest BCUT2D eigenvalue weighted by atomic mass is 9.96. The van der Waals surface area contributed by atoms with Crippen molar-refractivity contribution in [1.82, 2.24) is 24.1 Å². The van der Waals surface area contributed by atoms with Crippen molar-refractivity contribution >= 4 is 86.7 Å². The minimum absolute atomic E-state index is 0.564. The molecule has 15 rings (SSSR count). The van der Waals surface area contributed by atoms with Gasteiger partial charge in [0.2, 0.25) is 5.95 Å². The Kier molecular flexibility index (Phi) is 8.89. The van der Waals surface area contributed by atoms with Crippen LogP contribution in [0.1, 0.15) is 0 Å². The van der Waals surface area contributed by atoms with Crippen LogP contribution in [0.15, 0.2) is 249 Å². The molecule has 0 radical (unpaired) electrons. The first-order chi connectivity index (χ1) is 35.7. The number of benzene rings is 12. The average Bonchev–Trinajstić information content (AvgIpc) is 3.97. The summed E-state index contributed by atoms with van der Waals surface area (Å²) in [6.07, 6.45) is 0. The van der Waals surface area contributed by atoms with Crippen LogP contribution >= 0.6 is 0 Å². The SMILES string of the molecule is c1ccc(-c2ccc(-n3c4ccccc4c4cc(-c5ccc6c(c5)c5ccccc5n6-c5nc(-c6cc7ccccc7c7ccccc67)nc(-c6cc7ccccc7c7ccccc67)n5)ccc43)cc2)cc1. The molecule has 0 atom stereocenters. The summed E-state index contributed by atoms with van der Waals surface area (Å²) in [4.78, 5) is 16.5. The highest BCUT2D eigenvalue weighted by Gasteiger charge is 2.22. The molecule has 0 spiro atoms. The maximum Gasteiger partial charge on any atom is 0.238 e. The Morgan fingerprint density at radius 3 is 1.17 bits per heavy atom. The number of hydrogen-bond acceptors (Lipinski definition) is 3. The summed E-state index contributed by atoms with van der Waals surface area (Å²) in [7, 11) is 0. The Balaban J connectivity index is 0.929. The fraction of sp³-hybridized carbons (Fsp3) is 0. The highest BCUT2D eigenvalue weighted by molar-refractivity contribution is 6.16. The van der Waals surface area contributed by atoms with Crippen molar-refractivity contribution in [2.45, 2.75) is 0 Å². The second kappa shape index (κ2) is 15.9. The van der Waals surface area contributed by atoms with Crippen molar-refractivity contribution < 1.29 is 0 Å². The second-order valence-electron chi connectivity index (χ2n) is 18.7. The molecule has 0 bridgehead atoms. The smallest absolute Gasteiger partial charge is 0.238 e. The predicted octanol–water partition coefficient (Wildman–Crippen LogP) is 17.3. The van der Waals surface area contributed by atoms with Gasteiger partial charge in [0.1, 0.15) is 0 Å². The number of rotatable bonds is 6. The molecule has 5 nitrogen and oxygen atoms in total. The van der Waals surface area contributed by atoms with E-state index < -0.39 is 0 Å². The topological polar surface area (TPSA) is 48.5 Å². The Labute approximate surface area is 414 Å². The van der Waals surface area contributed by atoms with E-state index in [2.05, 4.69) is 258 Å². The van der Waals surface area contributed by atoms with E-state index >= 15 is 0 Å². The molecule has 0 aliphatic heterocycles. The molecule has 0 saturated carbocycles. The van der Waals surface area contributed by atoms with E-state index in [9.17, 15) is 0 Å². The summed E-state index contributed by atoms with van der Waals surface area (Å²) < 4.78 is 4.62. The molecule has 0 aliphatic rings. The van der Waals surface area contributed by atoms with Gasteiger partial charge in [0.05, 0.1) is 22.1 Å². The Morgan fingerprint density at radius 2 is 0.625 bits per heavy atom. The Bertz CT molecular complexity index is 4540. The zero-order valence-electron chi connectivity index (χ0n) is 38.9. The molecule has 0 fully saturated rings. The van der Waals surface area contributed by atoms with E-state index in [4.69, 9.17) is 15.0 Å². The normalized spacial score (nSPS) is 11.9. The van der Waals surface area contributed by atoms with Gasteiger partial charge in [0.15, 0.2) is 11.6 Å². The average molecular weight is 916 g/mol. The molecule has 15 aromatic rings. The van der Waals surface area contributed by atoms with Crippen molar-refractivity contribution in [2.75, 3.05) is 0 Å².